The smallest absolute Gasteiger partial charge is 0.237 e. The second kappa shape index (κ2) is 8.78. The molecule has 0 N–H and O–H groups in total. The van der Waals surface area contributed by atoms with E-state index in [-0.39, 0.29) is 11.7 Å². The maximum Gasteiger partial charge on any atom is 0.237 e. The summed E-state index contributed by atoms with van der Waals surface area (Å²) in [6.07, 6.45) is 1.75. The quantitative estimate of drug-likeness (QED) is 0.600. The van der Waals surface area contributed by atoms with Crippen molar-refractivity contribution in [3.8, 4) is 0 Å². The van der Waals surface area contributed by atoms with Gasteiger partial charge in [0.1, 0.15) is 5.82 Å². The van der Waals surface area contributed by atoms with Crippen LogP contribution in [0.4, 0.5) is 10.1 Å². The third kappa shape index (κ3) is 5.14. The molecule has 0 bridgehead atoms. The van der Waals surface area contributed by atoms with Crippen molar-refractivity contribution in [3.63, 3.8) is 0 Å². The maximum atomic E-state index is 13.2. The molecule has 3 aromatic rings. The molecule has 0 radical (unpaired) electrons. The van der Waals surface area contributed by atoms with Crippen LogP contribution in [0.15, 0.2) is 66.2 Å². The number of thioether (sulfide) groups is 1. The molecule has 25 heavy (non-hydrogen) atoms. The van der Waals surface area contributed by atoms with Gasteiger partial charge < -0.3 is 4.90 Å². The van der Waals surface area contributed by atoms with Gasteiger partial charge in [-0.2, -0.15) is 0 Å². The van der Waals surface area contributed by atoms with Gasteiger partial charge in [-0.3, -0.25) is 9.78 Å². The van der Waals surface area contributed by atoms with Crippen molar-refractivity contribution in [2.45, 2.75) is 12.3 Å². The third-order valence-corrected chi connectivity index (χ3v) is 5.35. The first kappa shape index (κ1) is 17.6. The summed E-state index contributed by atoms with van der Waals surface area (Å²) in [4.78, 5) is 19.8. The van der Waals surface area contributed by atoms with Crippen molar-refractivity contribution in [2.75, 3.05) is 10.7 Å². The van der Waals surface area contributed by atoms with Crippen LogP contribution in [0.1, 0.15) is 10.6 Å². The number of amides is 1. The van der Waals surface area contributed by atoms with E-state index in [0.717, 1.165) is 10.6 Å². The Bertz CT molecular complexity index is 792. The molecule has 1 amide bonds. The molecule has 0 saturated heterocycles. The van der Waals surface area contributed by atoms with E-state index in [1.807, 2.05) is 35.7 Å². The van der Waals surface area contributed by atoms with Gasteiger partial charge in [-0.15, -0.1) is 23.1 Å². The highest BCUT2D eigenvalue weighted by molar-refractivity contribution is 7.99. The van der Waals surface area contributed by atoms with Crippen molar-refractivity contribution in [1.82, 2.24) is 4.98 Å². The summed E-state index contributed by atoms with van der Waals surface area (Å²) in [5.74, 6) is 0.722. The summed E-state index contributed by atoms with van der Waals surface area (Å²) in [6.45, 7) is 0.492. The molecule has 0 aliphatic heterocycles. The van der Waals surface area contributed by atoms with Crippen LogP contribution >= 0.6 is 23.1 Å². The topological polar surface area (TPSA) is 33.2 Å². The largest absolute Gasteiger partial charge is 0.306 e. The normalized spacial score (nSPS) is 10.6. The van der Waals surface area contributed by atoms with E-state index in [9.17, 15) is 9.18 Å². The Labute approximate surface area is 154 Å². The first-order valence-electron chi connectivity index (χ1n) is 7.78. The Morgan fingerprint density at radius 2 is 1.96 bits per heavy atom. The van der Waals surface area contributed by atoms with Gasteiger partial charge in [0, 0.05) is 22.5 Å². The van der Waals surface area contributed by atoms with Gasteiger partial charge >= 0.3 is 0 Å². The summed E-state index contributed by atoms with van der Waals surface area (Å²) in [7, 11) is 0. The number of thiophene rings is 1. The molecule has 1 aromatic carbocycles. The average molecular weight is 372 g/mol. The van der Waals surface area contributed by atoms with E-state index in [0.29, 0.717) is 23.7 Å². The first-order chi connectivity index (χ1) is 12.2. The summed E-state index contributed by atoms with van der Waals surface area (Å²) >= 11 is 3.13. The summed E-state index contributed by atoms with van der Waals surface area (Å²) < 4.78 is 13.2. The number of hydrogen-bond acceptors (Lipinski definition) is 4. The van der Waals surface area contributed by atoms with E-state index < -0.39 is 0 Å². The monoisotopic (exact) mass is 372 g/mol. The number of hydrogen-bond donors (Lipinski definition) is 0. The van der Waals surface area contributed by atoms with Crippen LogP contribution in [0, 0.1) is 5.82 Å². The third-order valence-electron chi connectivity index (χ3n) is 3.54. The van der Waals surface area contributed by atoms with Crippen LogP contribution in [0.2, 0.25) is 0 Å². The van der Waals surface area contributed by atoms with Crippen LogP contribution in [0.5, 0.6) is 0 Å². The molecule has 0 atom stereocenters. The molecule has 6 heteroatoms. The summed E-state index contributed by atoms with van der Waals surface area (Å²) in [5.41, 5.74) is 1.66. The molecule has 2 aromatic heterocycles. The molecular weight excluding hydrogens is 355 g/mol. The minimum Gasteiger partial charge on any atom is -0.306 e. The number of benzene rings is 1. The minimum absolute atomic E-state index is 0.000870. The van der Waals surface area contributed by atoms with Crippen molar-refractivity contribution >= 4 is 34.7 Å². The number of pyridine rings is 1. The lowest BCUT2D eigenvalue weighted by molar-refractivity contribution is -0.116. The van der Waals surface area contributed by atoms with Gasteiger partial charge in [0.15, 0.2) is 0 Å². The molecule has 2 heterocycles. The van der Waals surface area contributed by atoms with Crippen LogP contribution in [0.3, 0.4) is 0 Å². The predicted octanol–water partition coefficient (Wildman–Crippen LogP) is 4.75. The number of nitrogens with zero attached hydrogens (tertiary/aromatic N) is 2. The van der Waals surface area contributed by atoms with Gasteiger partial charge in [0.25, 0.3) is 0 Å². The molecule has 0 spiro atoms. The second-order valence-electron chi connectivity index (χ2n) is 5.35. The SMILES string of the molecule is O=C(CSCc1ccccn1)N(Cc1cccs1)c1ccc(F)cc1. The fourth-order valence-corrected chi connectivity index (χ4v) is 3.81. The second-order valence-corrected chi connectivity index (χ2v) is 7.37. The molecule has 128 valence electrons. The highest BCUT2D eigenvalue weighted by Crippen LogP contribution is 2.22. The van der Waals surface area contributed by atoms with E-state index in [4.69, 9.17) is 0 Å². The number of halogens is 1. The maximum absolute atomic E-state index is 13.2. The Balaban J connectivity index is 1.67. The molecule has 3 rings (SSSR count). The minimum atomic E-state index is -0.309. The van der Waals surface area contributed by atoms with Gasteiger partial charge in [0.2, 0.25) is 5.91 Å². The van der Waals surface area contributed by atoms with E-state index in [1.165, 1.54) is 23.9 Å². The van der Waals surface area contributed by atoms with Gasteiger partial charge in [-0.25, -0.2) is 4.39 Å². The Morgan fingerprint density at radius 3 is 2.64 bits per heavy atom. The Morgan fingerprint density at radius 1 is 1.12 bits per heavy atom. The lowest BCUT2D eigenvalue weighted by atomic mass is 10.2. The zero-order valence-corrected chi connectivity index (χ0v) is 15.1. The highest BCUT2D eigenvalue weighted by Gasteiger charge is 2.17. The lowest BCUT2D eigenvalue weighted by Gasteiger charge is -2.22. The van der Waals surface area contributed by atoms with Gasteiger partial charge in [-0.05, 0) is 47.8 Å². The molecule has 3 nitrogen and oxygen atoms in total. The van der Waals surface area contributed by atoms with Crippen molar-refractivity contribution in [2.24, 2.45) is 0 Å². The van der Waals surface area contributed by atoms with Crippen LogP contribution < -0.4 is 4.90 Å². The standard InChI is InChI=1S/C19H17FN2OS2/c20-15-6-8-17(9-7-15)22(12-18-5-3-11-25-18)19(23)14-24-13-16-4-1-2-10-21-16/h1-11H,12-14H2. The zero-order valence-electron chi connectivity index (χ0n) is 13.5. The average Bonchev–Trinajstić information content (AvgIpc) is 3.15. The summed E-state index contributed by atoms with van der Waals surface area (Å²) in [6, 6.07) is 15.8. The van der Waals surface area contributed by atoms with E-state index in [2.05, 4.69) is 4.98 Å². The fraction of sp³-hybridized carbons (Fsp3) is 0.158. The van der Waals surface area contributed by atoms with Crippen LogP contribution in [-0.4, -0.2) is 16.6 Å². The number of rotatable bonds is 7. The number of carbonyl (C=O) groups excluding carboxylic acids is 1. The number of carbonyl (C=O) groups is 1. The molecule has 0 aliphatic rings. The van der Waals surface area contributed by atoms with Crippen LogP contribution in [-0.2, 0) is 17.1 Å². The number of aromatic nitrogens is 1. The van der Waals surface area contributed by atoms with Crippen molar-refractivity contribution < 1.29 is 9.18 Å². The molecule has 0 saturated carbocycles. The Kier molecular flexibility index (Phi) is 6.19. The van der Waals surface area contributed by atoms with E-state index >= 15 is 0 Å². The van der Waals surface area contributed by atoms with Gasteiger partial charge in [-0.1, -0.05) is 12.1 Å². The zero-order chi connectivity index (χ0) is 17.5. The van der Waals surface area contributed by atoms with Crippen molar-refractivity contribution in [1.29, 1.82) is 0 Å². The number of anilines is 1. The van der Waals surface area contributed by atoms with Gasteiger partial charge in [0.05, 0.1) is 18.0 Å². The molecule has 0 unspecified atom stereocenters. The Hall–Kier alpha value is -2.18. The lowest BCUT2D eigenvalue weighted by Crippen LogP contribution is -2.31. The molecular formula is C19H17FN2OS2. The van der Waals surface area contributed by atoms with Crippen LogP contribution in [0.25, 0.3) is 0 Å². The molecule has 0 fully saturated rings. The highest BCUT2D eigenvalue weighted by atomic mass is 32.2. The first-order valence-corrected chi connectivity index (χ1v) is 9.82. The fourth-order valence-electron chi connectivity index (χ4n) is 2.31. The molecule has 0 aliphatic carbocycles. The van der Waals surface area contributed by atoms with E-state index in [1.54, 1.807) is 34.6 Å². The predicted molar refractivity (Wildman–Crippen MR) is 102 cm³/mol. The van der Waals surface area contributed by atoms with Crippen molar-refractivity contribution in [3.05, 3.63) is 82.6 Å². The summed E-state index contributed by atoms with van der Waals surface area (Å²) in [5, 5.41) is 1.98.